The third-order valence-corrected chi connectivity index (χ3v) is 5.63. The Morgan fingerprint density at radius 3 is 2.88 bits per heavy atom. The summed E-state index contributed by atoms with van der Waals surface area (Å²) in [5.74, 6) is 0.0916. The molecule has 166 valence electrons. The first-order chi connectivity index (χ1) is 16.1. The van der Waals surface area contributed by atoms with Gasteiger partial charge in [0.05, 0.1) is 18.3 Å². The van der Waals surface area contributed by atoms with E-state index in [1.165, 1.54) is 4.52 Å². The van der Waals surface area contributed by atoms with Crippen molar-refractivity contribution in [2.24, 2.45) is 0 Å². The number of benzene rings is 1. The number of carbonyl (C=O) groups is 2. The van der Waals surface area contributed by atoms with E-state index in [1.54, 1.807) is 41.7 Å². The molecule has 4 aromatic rings. The monoisotopic (exact) mass is 462 g/mol. The number of carbonyl (C=O) groups excluding carboxylic acids is 2. The van der Waals surface area contributed by atoms with Gasteiger partial charge in [-0.25, -0.2) is 19.5 Å². The van der Waals surface area contributed by atoms with Crippen LogP contribution in [0.1, 0.15) is 35.2 Å². The number of fused-ring (bicyclic) bond motifs is 1. The zero-order valence-electron chi connectivity index (χ0n) is 17.4. The fraction of sp³-hybridized carbons (Fsp3) is 0.227. The van der Waals surface area contributed by atoms with Crippen molar-refractivity contribution in [1.82, 2.24) is 39.8 Å². The van der Waals surface area contributed by atoms with Gasteiger partial charge in [-0.2, -0.15) is 4.98 Å². The van der Waals surface area contributed by atoms with Gasteiger partial charge in [0.1, 0.15) is 0 Å². The fourth-order valence-corrected chi connectivity index (χ4v) is 4.05. The average Bonchev–Trinajstić information content (AvgIpc) is 3.50. The Kier molecular flexibility index (Phi) is 5.66. The largest absolute Gasteiger partial charge is 0.340 e. The van der Waals surface area contributed by atoms with Crippen molar-refractivity contribution < 1.29 is 9.59 Å². The molecule has 1 aliphatic heterocycles. The minimum absolute atomic E-state index is 0.0403. The van der Waals surface area contributed by atoms with E-state index in [0.29, 0.717) is 23.2 Å². The lowest BCUT2D eigenvalue weighted by molar-refractivity contribution is -0.131. The maximum Gasteiger partial charge on any atom is 0.291 e. The van der Waals surface area contributed by atoms with Crippen molar-refractivity contribution >= 4 is 29.2 Å². The first-order valence-corrected chi connectivity index (χ1v) is 10.8. The Morgan fingerprint density at radius 2 is 2.03 bits per heavy atom. The number of amides is 2. The molecule has 5 rings (SSSR count). The molecule has 3 aromatic heterocycles. The summed E-state index contributed by atoms with van der Waals surface area (Å²) < 4.78 is 1.40. The van der Waals surface area contributed by atoms with Crippen LogP contribution in [-0.4, -0.2) is 59.4 Å². The van der Waals surface area contributed by atoms with Crippen molar-refractivity contribution in [2.75, 3.05) is 13.1 Å². The van der Waals surface area contributed by atoms with Crippen molar-refractivity contribution in [3.05, 3.63) is 71.5 Å². The normalized spacial score (nSPS) is 15.7. The maximum absolute atomic E-state index is 12.9. The Bertz CT molecular complexity index is 1310. The first kappa shape index (κ1) is 21.0. The summed E-state index contributed by atoms with van der Waals surface area (Å²) in [6.07, 6.45) is 6.52. The molecule has 0 aliphatic carbocycles. The summed E-state index contributed by atoms with van der Waals surface area (Å²) in [5.41, 5.74) is 1.56. The minimum atomic E-state index is -0.533. The Hall–Kier alpha value is -3.92. The SMILES string of the molecule is O=C(NCC(=O)N1CCCC1c1ccnc(-c2cccc(Cl)c2)n1)c1nc2ncccn2n1. The lowest BCUT2D eigenvalue weighted by Crippen LogP contribution is -2.40. The van der Waals surface area contributed by atoms with Gasteiger partial charge in [0.15, 0.2) is 5.82 Å². The maximum atomic E-state index is 12.9. The van der Waals surface area contributed by atoms with Gasteiger partial charge < -0.3 is 10.2 Å². The number of hydrogen-bond acceptors (Lipinski definition) is 7. The molecule has 11 heteroatoms. The third kappa shape index (κ3) is 4.37. The lowest BCUT2D eigenvalue weighted by atomic mass is 10.1. The highest BCUT2D eigenvalue weighted by Gasteiger charge is 2.31. The predicted molar refractivity (Wildman–Crippen MR) is 119 cm³/mol. The van der Waals surface area contributed by atoms with Gasteiger partial charge >= 0.3 is 0 Å². The molecule has 1 saturated heterocycles. The van der Waals surface area contributed by atoms with Gasteiger partial charge in [-0.3, -0.25) is 9.59 Å². The predicted octanol–water partition coefficient (Wildman–Crippen LogP) is 2.33. The molecule has 10 nitrogen and oxygen atoms in total. The molecule has 0 radical (unpaired) electrons. The number of nitrogens with zero attached hydrogens (tertiary/aromatic N) is 7. The summed E-state index contributed by atoms with van der Waals surface area (Å²) in [4.78, 5) is 44.2. The summed E-state index contributed by atoms with van der Waals surface area (Å²) in [7, 11) is 0. The second-order valence-electron chi connectivity index (χ2n) is 7.54. The molecule has 0 spiro atoms. The van der Waals surface area contributed by atoms with Crippen LogP contribution in [-0.2, 0) is 4.79 Å². The van der Waals surface area contributed by atoms with E-state index < -0.39 is 5.91 Å². The zero-order chi connectivity index (χ0) is 22.8. The van der Waals surface area contributed by atoms with Crippen LogP contribution in [0.3, 0.4) is 0 Å². The van der Waals surface area contributed by atoms with Gasteiger partial charge in [0, 0.05) is 35.7 Å². The Morgan fingerprint density at radius 1 is 1.12 bits per heavy atom. The second kappa shape index (κ2) is 8.91. The van der Waals surface area contributed by atoms with E-state index in [2.05, 4.69) is 30.4 Å². The molecular weight excluding hydrogens is 444 g/mol. The lowest BCUT2D eigenvalue weighted by Gasteiger charge is -2.24. The summed E-state index contributed by atoms with van der Waals surface area (Å²) in [5, 5.41) is 7.29. The van der Waals surface area contributed by atoms with E-state index >= 15 is 0 Å². The molecule has 1 atom stereocenters. The summed E-state index contributed by atoms with van der Waals surface area (Å²) in [6.45, 7) is 0.428. The standard InChI is InChI=1S/C22H19ClN8O2/c23-15-5-1-4-14(12-15)19-24-9-7-16(27-19)17-6-2-10-30(17)18(32)13-26-21(33)20-28-22-25-8-3-11-31(22)29-20/h1,3-5,7-9,11-12,17H,2,6,10,13H2,(H,26,33). The van der Waals surface area contributed by atoms with Gasteiger partial charge in [-0.15, -0.1) is 5.10 Å². The van der Waals surface area contributed by atoms with Crippen LogP contribution in [0.5, 0.6) is 0 Å². The number of rotatable bonds is 5. The van der Waals surface area contributed by atoms with E-state index in [1.807, 2.05) is 18.2 Å². The molecule has 1 unspecified atom stereocenters. The Balaban J connectivity index is 1.28. The summed E-state index contributed by atoms with van der Waals surface area (Å²) >= 11 is 6.10. The number of aromatic nitrogens is 6. The zero-order valence-corrected chi connectivity index (χ0v) is 18.2. The molecular formula is C22H19ClN8O2. The van der Waals surface area contributed by atoms with Crippen LogP contribution in [0.25, 0.3) is 17.2 Å². The van der Waals surface area contributed by atoms with E-state index in [9.17, 15) is 9.59 Å². The van der Waals surface area contributed by atoms with Crippen LogP contribution in [0.15, 0.2) is 55.0 Å². The molecule has 2 amide bonds. The molecule has 1 fully saturated rings. The van der Waals surface area contributed by atoms with Crippen molar-refractivity contribution in [3.8, 4) is 11.4 Å². The summed E-state index contributed by atoms with van der Waals surface area (Å²) in [6, 6.07) is 10.6. The van der Waals surface area contributed by atoms with Crippen molar-refractivity contribution in [1.29, 1.82) is 0 Å². The molecule has 1 N–H and O–H groups in total. The van der Waals surface area contributed by atoms with Gasteiger partial charge in [0.25, 0.3) is 11.7 Å². The number of likely N-dealkylation sites (tertiary alicyclic amines) is 1. The fourth-order valence-electron chi connectivity index (χ4n) is 3.86. The van der Waals surface area contributed by atoms with Crippen LogP contribution in [0.2, 0.25) is 5.02 Å². The van der Waals surface area contributed by atoms with Gasteiger partial charge in [0.2, 0.25) is 11.7 Å². The highest BCUT2D eigenvalue weighted by atomic mass is 35.5. The third-order valence-electron chi connectivity index (χ3n) is 5.39. The van der Waals surface area contributed by atoms with Crippen molar-refractivity contribution in [2.45, 2.75) is 18.9 Å². The topological polar surface area (TPSA) is 118 Å². The van der Waals surface area contributed by atoms with Crippen LogP contribution in [0, 0.1) is 0 Å². The average molecular weight is 463 g/mol. The van der Waals surface area contributed by atoms with Gasteiger partial charge in [-0.05, 0) is 37.1 Å². The van der Waals surface area contributed by atoms with E-state index in [4.69, 9.17) is 11.6 Å². The quantitative estimate of drug-likeness (QED) is 0.483. The molecule has 4 heterocycles. The number of hydrogen-bond donors (Lipinski definition) is 1. The van der Waals surface area contributed by atoms with Crippen LogP contribution < -0.4 is 5.32 Å². The minimum Gasteiger partial charge on any atom is -0.340 e. The molecule has 0 saturated carbocycles. The van der Waals surface area contributed by atoms with Crippen LogP contribution in [0.4, 0.5) is 0 Å². The molecule has 33 heavy (non-hydrogen) atoms. The van der Waals surface area contributed by atoms with Crippen LogP contribution >= 0.6 is 11.6 Å². The number of nitrogens with one attached hydrogen (secondary N) is 1. The highest BCUT2D eigenvalue weighted by Crippen LogP contribution is 2.31. The molecule has 1 aromatic carbocycles. The molecule has 1 aliphatic rings. The highest BCUT2D eigenvalue weighted by molar-refractivity contribution is 6.30. The van der Waals surface area contributed by atoms with Gasteiger partial charge in [-0.1, -0.05) is 23.7 Å². The Labute approximate surface area is 193 Å². The second-order valence-corrected chi connectivity index (χ2v) is 7.98. The van der Waals surface area contributed by atoms with E-state index in [-0.39, 0.29) is 24.3 Å². The first-order valence-electron chi connectivity index (χ1n) is 10.4. The van der Waals surface area contributed by atoms with Crippen molar-refractivity contribution in [3.63, 3.8) is 0 Å². The molecule has 0 bridgehead atoms. The smallest absolute Gasteiger partial charge is 0.291 e. The van der Waals surface area contributed by atoms with E-state index in [0.717, 1.165) is 24.1 Å². The number of halogens is 1.